The highest BCUT2D eigenvalue weighted by Gasteiger charge is 2.09. The zero-order valence-electron chi connectivity index (χ0n) is 6.97. The number of hydrogen-bond acceptors (Lipinski definition) is 1. The van der Waals surface area contributed by atoms with Crippen LogP contribution in [0.2, 0.25) is 25.7 Å². The summed E-state index contributed by atoms with van der Waals surface area (Å²) in [5.74, 6) is 3.71. The molecule has 11 heavy (non-hydrogen) atoms. The van der Waals surface area contributed by atoms with E-state index < -0.39 is 14.0 Å². The Morgan fingerprint density at radius 1 is 1.45 bits per heavy atom. The summed E-state index contributed by atoms with van der Waals surface area (Å²) in [5, 5.41) is 8.15. The first kappa shape index (κ1) is 13.2. The van der Waals surface area contributed by atoms with Crippen LogP contribution >= 0.6 is 12.4 Å². The summed E-state index contributed by atoms with van der Waals surface area (Å²) in [6.07, 6.45) is 0. The van der Waals surface area contributed by atoms with Crippen LogP contribution in [0.3, 0.4) is 0 Å². The van der Waals surface area contributed by atoms with Crippen LogP contribution in [-0.2, 0) is 4.79 Å². The SMILES string of the molecule is C[Si](C)(C)CC#CC(=O)O.Cl. The van der Waals surface area contributed by atoms with E-state index in [4.69, 9.17) is 5.11 Å². The van der Waals surface area contributed by atoms with E-state index in [-0.39, 0.29) is 12.4 Å². The molecule has 0 saturated heterocycles. The van der Waals surface area contributed by atoms with Crippen LogP contribution in [0.5, 0.6) is 0 Å². The van der Waals surface area contributed by atoms with Crippen molar-refractivity contribution in [1.29, 1.82) is 0 Å². The molecule has 0 aliphatic heterocycles. The fourth-order valence-electron chi connectivity index (χ4n) is 0.385. The molecule has 0 saturated carbocycles. The largest absolute Gasteiger partial charge is 0.472 e. The van der Waals surface area contributed by atoms with Crippen LogP contribution in [0, 0.1) is 11.8 Å². The molecular formula is C7H13ClO2Si. The minimum atomic E-state index is -1.16. The summed E-state index contributed by atoms with van der Waals surface area (Å²) in [6.45, 7) is 6.47. The van der Waals surface area contributed by atoms with Crippen LogP contribution in [0.25, 0.3) is 0 Å². The smallest absolute Gasteiger partial charge is 0.381 e. The number of hydrogen-bond donors (Lipinski definition) is 1. The van der Waals surface area contributed by atoms with Crippen molar-refractivity contribution in [2.24, 2.45) is 0 Å². The summed E-state index contributed by atoms with van der Waals surface area (Å²) in [4.78, 5) is 9.93. The Balaban J connectivity index is 0. The first-order valence-electron chi connectivity index (χ1n) is 3.13. The van der Waals surface area contributed by atoms with Gasteiger partial charge in [0.15, 0.2) is 0 Å². The van der Waals surface area contributed by atoms with Crippen molar-refractivity contribution in [3.8, 4) is 11.8 Å². The molecule has 0 aromatic heterocycles. The summed E-state index contributed by atoms with van der Waals surface area (Å²) < 4.78 is 0. The van der Waals surface area contributed by atoms with Gasteiger partial charge in [-0.25, -0.2) is 4.79 Å². The van der Waals surface area contributed by atoms with Crippen molar-refractivity contribution in [3.63, 3.8) is 0 Å². The Morgan fingerprint density at radius 2 is 1.91 bits per heavy atom. The van der Waals surface area contributed by atoms with E-state index in [1.54, 1.807) is 0 Å². The van der Waals surface area contributed by atoms with Gasteiger partial charge in [0.1, 0.15) is 0 Å². The summed E-state index contributed by atoms with van der Waals surface area (Å²) in [7, 11) is -1.16. The van der Waals surface area contributed by atoms with Crippen LogP contribution in [-0.4, -0.2) is 19.1 Å². The lowest BCUT2D eigenvalue weighted by atomic mass is 10.6. The third-order valence-electron chi connectivity index (χ3n) is 0.814. The topological polar surface area (TPSA) is 37.3 Å². The molecule has 0 fully saturated rings. The molecule has 64 valence electrons. The maximum absolute atomic E-state index is 9.93. The van der Waals surface area contributed by atoms with Gasteiger partial charge >= 0.3 is 5.97 Å². The minimum absolute atomic E-state index is 0. The predicted octanol–water partition coefficient (Wildman–Crippen LogP) is 1.83. The number of halogens is 1. The van der Waals surface area contributed by atoms with Crippen molar-refractivity contribution in [3.05, 3.63) is 0 Å². The molecule has 0 aromatic rings. The average Bonchev–Trinajstić information content (AvgIpc) is 1.59. The maximum atomic E-state index is 9.93. The fraction of sp³-hybridized carbons (Fsp3) is 0.571. The molecule has 0 aliphatic carbocycles. The summed E-state index contributed by atoms with van der Waals surface area (Å²) >= 11 is 0. The first-order valence-corrected chi connectivity index (χ1v) is 6.84. The molecule has 0 spiro atoms. The first-order chi connectivity index (χ1) is 4.42. The second kappa shape index (κ2) is 5.22. The van der Waals surface area contributed by atoms with Crippen LogP contribution in [0.4, 0.5) is 0 Å². The Hall–Kier alpha value is -0.463. The van der Waals surface area contributed by atoms with Gasteiger partial charge in [-0.1, -0.05) is 25.6 Å². The Morgan fingerprint density at radius 3 is 2.18 bits per heavy atom. The lowest BCUT2D eigenvalue weighted by Crippen LogP contribution is -2.17. The van der Waals surface area contributed by atoms with E-state index in [1.807, 2.05) is 0 Å². The number of carboxylic acids is 1. The highest BCUT2D eigenvalue weighted by atomic mass is 35.5. The fourth-order valence-corrected chi connectivity index (χ4v) is 1.00. The van der Waals surface area contributed by atoms with Crippen molar-refractivity contribution < 1.29 is 9.90 Å². The van der Waals surface area contributed by atoms with E-state index >= 15 is 0 Å². The van der Waals surface area contributed by atoms with Gasteiger partial charge in [0.2, 0.25) is 0 Å². The van der Waals surface area contributed by atoms with E-state index in [0.717, 1.165) is 6.04 Å². The molecule has 2 nitrogen and oxygen atoms in total. The second-order valence-electron chi connectivity index (χ2n) is 3.34. The highest BCUT2D eigenvalue weighted by Crippen LogP contribution is 2.05. The molecule has 0 aromatic carbocycles. The number of carbonyl (C=O) groups is 1. The number of rotatable bonds is 1. The van der Waals surface area contributed by atoms with Gasteiger partial charge in [0, 0.05) is 12.0 Å². The van der Waals surface area contributed by atoms with Crippen LogP contribution in [0.15, 0.2) is 0 Å². The molecule has 1 N–H and O–H groups in total. The molecule has 0 bridgehead atoms. The van der Waals surface area contributed by atoms with Gasteiger partial charge in [0.05, 0.1) is 8.07 Å². The Labute approximate surface area is 74.4 Å². The van der Waals surface area contributed by atoms with E-state index in [9.17, 15) is 4.79 Å². The monoisotopic (exact) mass is 192 g/mol. The van der Waals surface area contributed by atoms with Gasteiger partial charge in [-0.15, -0.1) is 12.4 Å². The minimum Gasteiger partial charge on any atom is -0.472 e. The third kappa shape index (κ3) is 12.7. The normalized spacial score (nSPS) is 9.00. The lowest BCUT2D eigenvalue weighted by Gasteiger charge is -2.08. The Kier molecular flexibility index (Phi) is 6.24. The zero-order valence-corrected chi connectivity index (χ0v) is 8.79. The van der Waals surface area contributed by atoms with Crippen LogP contribution < -0.4 is 0 Å². The molecule has 0 amide bonds. The number of carboxylic acid groups (broad SMARTS) is 1. The molecule has 0 atom stereocenters. The second-order valence-corrected chi connectivity index (χ2v) is 8.82. The molecule has 0 aliphatic rings. The average molecular weight is 193 g/mol. The lowest BCUT2D eigenvalue weighted by molar-refractivity contribution is -0.130. The van der Waals surface area contributed by atoms with Gasteiger partial charge in [-0.3, -0.25) is 0 Å². The van der Waals surface area contributed by atoms with Crippen molar-refractivity contribution in [1.82, 2.24) is 0 Å². The maximum Gasteiger partial charge on any atom is 0.381 e. The van der Waals surface area contributed by atoms with Crippen molar-refractivity contribution in [2.75, 3.05) is 0 Å². The van der Waals surface area contributed by atoms with Gasteiger partial charge in [-0.05, 0) is 0 Å². The molecular weight excluding hydrogens is 180 g/mol. The highest BCUT2D eigenvalue weighted by molar-refractivity contribution is 6.76. The number of aliphatic carboxylic acids is 1. The molecule has 4 heteroatoms. The molecule has 0 radical (unpaired) electrons. The van der Waals surface area contributed by atoms with E-state index in [1.165, 1.54) is 0 Å². The molecule has 0 rings (SSSR count). The van der Waals surface area contributed by atoms with Crippen LogP contribution in [0.1, 0.15) is 0 Å². The van der Waals surface area contributed by atoms with Gasteiger partial charge in [-0.2, -0.15) is 0 Å². The van der Waals surface area contributed by atoms with E-state index in [2.05, 4.69) is 31.5 Å². The molecule has 0 unspecified atom stereocenters. The standard InChI is InChI=1S/C7H12O2Si.ClH/c1-10(2,3)6-4-5-7(8)9;/h6H2,1-3H3,(H,8,9);1H. The predicted molar refractivity (Wildman–Crippen MR) is 50.8 cm³/mol. The summed E-state index contributed by atoms with van der Waals surface area (Å²) in [6, 6.07) is 0.763. The summed E-state index contributed by atoms with van der Waals surface area (Å²) in [5.41, 5.74) is 0. The van der Waals surface area contributed by atoms with E-state index in [0.29, 0.717) is 0 Å². The third-order valence-corrected chi connectivity index (χ3v) is 2.05. The van der Waals surface area contributed by atoms with Gasteiger partial charge < -0.3 is 5.11 Å². The van der Waals surface area contributed by atoms with Crippen molar-refractivity contribution in [2.45, 2.75) is 25.7 Å². The Bertz CT molecular complexity index is 185. The molecule has 0 heterocycles. The quantitative estimate of drug-likeness (QED) is 0.509. The van der Waals surface area contributed by atoms with Gasteiger partial charge in [0.25, 0.3) is 0 Å². The van der Waals surface area contributed by atoms with Crippen molar-refractivity contribution >= 4 is 26.5 Å². The zero-order chi connectivity index (χ0) is 8.20.